The number of rotatable bonds is 8. The molecule has 0 fully saturated rings. The van der Waals surface area contributed by atoms with E-state index in [0.717, 1.165) is 11.1 Å². The number of carbonyl (C=O) groups excluding carboxylic acids is 2. The summed E-state index contributed by atoms with van der Waals surface area (Å²) in [4.78, 5) is 28.6. The van der Waals surface area contributed by atoms with E-state index in [1.807, 2.05) is 30.3 Å². The van der Waals surface area contributed by atoms with Gasteiger partial charge in [0.25, 0.3) is 0 Å². The number of nitrogens with zero attached hydrogens (tertiary/aromatic N) is 3. The fourth-order valence-corrected chi connectivity index (χ4v) is 3.26. The van der Waals surface area contributed by atoms with Crippen molar-refractivity contribution in [2.24, 2.45) is 5.92 Å². The third-order valence-electron chi connectivity index (χ3n) is 4.40. The number of carbonyl (C=O) groups is 2. The topological polar surface area (TPSA) is 88.9 Å². The van der Waals surface area contributed by atoms with Crippen LogP contribution >= 0.6 is 23.2 Å². The Morgan fingerprint density at radius 2 is 1.90 bits per heavy atom. The molecule has 2 aromatic carbocycles. The normalized spacial score (nSPS) is 11.7. The standard InChI is InChI=1S/C21H21Cl2N5O2/c1-14(9-16-7-8-17(22)10-18(16)23)20(30)26-21-25-13-28(27-21)12-19(29)24-11-15-5-3-2-4-6-15/h2-8,10,13-14H,9,11-12H2,1H3,(H,24,29)(H,26,27,30). The highest BCUT2D eigenvalue weighted by Gasteiger charge is 2.17. The number of aromatic nitrogens is 3. The lowest BCUT2D eigenvalue weighted by Gasteiger charge is -2.11. The smallest absolute Gasteiger partial charge is 0.248 e. The molecule has 1 aromatic heterocycles. The summed E-state index contributed by atoms with van der Waals surface area (Å²) in [6, 6.07) is 14.8. The van der Waals surface area contributed by atoms with E-state index >= 15 is 0 Å². The van der Waals surface area contributed by atoms with Crippen LogP contribution < -0.4 is 10.6 Å². The molecule has 0 saturated heterocycles. The molecule has 1 atom stereocenters. The first-order valence-corrected chi connectivity index (χ1v) is 10.1. The quantitative estimate of drug-likeness (QED) is 0.552. The van der Waals surface area contributed by atoms with Crippen molar-refractivity contribution in [1.29, 1.82) is 0 Å². The highest BCUT2D eigenvalue weighted by molar-refractivity contribution is 6.35. The number of hydrogen-bond acceptors (Lipinski definition) is 4. The molecule has 0 saturated carbocycles. The van der Waals surface area contributed by atoms with Gasteiger partial charge in [-0.1, -0.05) is 66.5 Å². The number of amides is 2. The van der Waals surface area contributed by atoms with Crippen molar-refractivity contribution in [3.8, 4) is 0 Å². The minimum Gasteiger partial charge on any atom is -0.350 e. The first-order valence-electron chi connectivity index (χ1n) is 9.35. The van der Waals surface area contributed by atoms with E-state index in [2.05, 4.69) is 20.7 Å². The molecule has 3 rings (SSSR count). The van der Waals surface area contributed by atoms with E-state index in [9.17, 15) is 9.59 Å². The predicted molar refractivity (Wildman–Crippen MR) is 116 cm³/mol. The Balaban J connectivity index is 1.49. The third kappa shape index (κ3) is 6.30. The Kier molecular flexibility index (Phi) is 7.43. The molecule has 0 radical (unpaired) electrons. The van der Waals surface area contributed by atoms with Crippen LogP contribution in [0.3, 0.4) is 0 Å². The summed E-state index contributed by atoms with van der Waals surface area (Å²) in [6.07, 6.45) is 1.85. The van der Waals surface area contributed by atoms with E-state index in [0.29, 0.717) is 23.0 Å². The number of benzene rings is 2. The molecular formula is C21H21Cl2N5O2. The first-order chi connectivity index (χ1) is 14.4. The highest BCUT2D eigenvalue weighted by Crippen LogP contribution is 2.23. The van der Waals surface area contributed by atoms with Crippen LogP contribution in [0.25, 0.3) is 0 Å². The van der Waals surface area contributed by atoms with E-state index in [4.69, 9.17) is 23.2 Å². The van der Waals surface area contributed by atoms with Gasteiger partial charge >= 0.3 is 0 Å². The van der Waals surface area contributed by atoms with Gasteiger partial charge in [0, 0.05) is 22.5 Å². The number of anilines is 1. The lowest BCUT2D eigenvalue weighted by atomic mass is 10.0. The number of nitrogens with one attached hydrogen (secondary N) is 2. The van der Waals surface area contributed by atoms with E-state index in [-0.39, 0.29) is 30.2 Å². The molecule has 1 heterocycles. The molecule has 30 heavy (non-hydrogen) atoms. The third-order valence-corrected chi connectivity index (χ3v) is 4.99. The maximum atomic E-state index is 12.4. The molecule has 0 aliphatic rings. The minimum atomic E-state index is -0.357. The first kappa shape index (κ1) is 21.8. The summed E-state index contributed by atoms with van der Waals surface area (Å²) >= 11 is 12.1. The minimum absolute atomic E-state index is 0.00560. The largest absolute Gasteiger partial charge is 0.350 e. The van der Waals surface area contributed by atoms with Gasteiger partial charge in [0.15, 0.2) is 0 Å². The van der Waals surface area contributed by atoms with Crippen LogP contribution in [0.5, 0.6) is 0 Å². The van der Waals surface area contributed by atoms with Crippen LogP contribution in [0.15, 0.2) is 54.9 Å². The summed E-state index contributed by atoms with van der Waals surface area (Å²) in [7, 11) is 0. The molecule has 0 spiro atoms. The average Bonchev–Trinajstić information content (AvgIpc) is 3.15. The zero-order valence-corrected chi connectivity index (χ0v) is 17.8. The molecule has 0 aliphatic carbocycles. The molecule has 0 aliphatic heterocycles. The lowest BCUT2D eigenvalue weighted by Crippen LogP contribution is -2.27. The van der Waals surface area contributed by atoms with Crippen LogP contribution in [-0.2, 0) is 29.1 Å². The van der Waals surface area contributed by atoms with Gasteiger partial charge in [-0.05, 0) is 29.7 Å². The van der Waals surface area contributed by atoms with Gasteiger partial charge in [-0.3, -0.25) is 14.9 Å². The Labute approximate surface area is 184 Å². The summed E-state index contributed by atoms with van der Waals surface area (Å²) in [5.74, 6) is -0.658. The maximum absolute atomic E-state index is 12.4. The monoisotopic (exact) mass is 445 g/mol. The van der Waals surface area contributed by atoms with Crippen LogP contribution in [0, 0.1) is 5.92 Å². The molecule has 9 heteroatoms. The van der Waals surface area contributed by atoms with Crippen molar-refractivity contribution in [1.82, 2.24) is 20.1 Å². The van der Waals surface area contributed by atoms with Gasteiger partial charge < -0.3 is 5.32 Å². The van der Waals surface area contributed by atoms with Gasteiger partial charge in [-0.25, -0.2) is 9.67 Å². The van der Waals surface area contributed by atoms with Crippen molar-refractivity contribution in [3.05, 3.63) is 76.0 Å². The maximum Gasteiger partial charge on any atom is 0.248 e. The summed E-state index contributed by atoms with van der Waals surface area (Å²) < 4.78 is 1.37. The Hall–Kier alpha value is -2.90. The average molecular weight is 446 g/mol. The summed E-state index contributed by atoms with van der Waals surface area (Å²) in [6.45, 7) is 2.22. The SMILES string of the molecule is CC(Cc1ccc(Cl)cc1Cl)C(=O)Nc1ncn(CC(=O)NCc2ccccc2)n1. The summed E-state index contributed by atoms with van der Waals surface area (Å²) in [5, 5.41) is 10.7. The number of halogens is 2. The molecule has 156 valence electrons. The van der Waals surface area contributed by atoms with E-state index in [1.165, 1.54) is 11.0 Å². The van der Waals surface area contributed by atoms with Crippen LogP contribution in [-0.4, -0.2) is 26.6 Å². The van der Waals surface area contributed by atoms with E-state index < -0.39 is 0 Å². The molecular weight excluding hydrogens is 425 g/mol. The van der Waals surface area contributed by atoms with Gasteiger partial charge in [0.05, 0.1) is 0 Å². The molecule has 2 N–H and O–H groups in total. The van der Waals surface area contributed by atoms with Crippen molar-refractivity contribution in [2.75, 3.05) is 5.32 Å². The van der Waals surface area contributed by atoms with Gasteiger partial charge in [0.1, 0.15) is 12.9 Å². The lowest BCUT2D eigenvalue weighted by molar-refractivity contribution is -0.122. The van der Waals surface area contributed by atoms with E-state index in [1.54, 1.807) is 25.1 Å². The second-order valence-electron chi connectivity index (χ2n) is 6.86. The van der Waals surface area contributed by atoms with Gasteiger partial charge in [-0.15, -0.1) is 5.10 Å². The fourth-order valence-electron chi connectivity index (χ4n) is 2.77. The van der Waals surface area contributed by atoms with Crippen molar-refractivity contribution >= 4 is 41.0 Å². The number of hydrogen-bond donors (Lipinski definition) is 2. The Morgan fingerprint density at radius 3 is 2.63 bits per heavy atom. The van der Waals surface area contributed by atoms with Crippen molar-refractivity contribution < 1.29 is 9.59 Å². The zero-order chi connectivity index (χ0) is 21.5. The van der Waals surface area contributed by atoms with Gasteiger partial charge in [-0.2, -0.15) is 0 Å². The Morgan fingerprint density at radius 1 is 1.13 bits per heavy atom. The predicted octanol–water partition coefficient (Wildman–Crippen LogP) is 3.72. The van der Waals surface area contributed by atoms with Crippen LogP contribution in [0.4, 0.5) is 5.95 Å². The Bertz CT molecular complexity index is 1020. The molecule has 1 unspecified atom stereocenters. The van der Waals surface area contributed by atoms with Gasteiger partial charge in [0.2, 0.25) is 17.8 Å². The zero-order valence-electron chi connectivity index (χ0n) is 16.3. The molecule has 7 nitrogen and oxygen atoms in total. The van der Waals surface area contributed by atoms with Crippen molar-refractivity contribution in [3.63, 3.8) is 0 Å². The fraction of sp³-hybridized carbons (Fsp3) is 0.238. The van der Waals surface area contributed by atoms with Crippen LogP contribution in [0.2, 0.25) is 10.0 Å². The highest BCUT2D eigenvalue weighted by atomic mass is 35.5. The molecule has 3 aromatic rings. The molecule has 2 amide bonds. The second-order valence-corrected chi connectivity index (χ2v) is 7.70. The molecule has 0 bridgehead atoms. The summed E-state index contributed by atoms with van der Waals surface area (Å²) in [5.41, 5.74) is 1.84. The van der Waals surface area contributed by atoms with Crippen molar-refractivity contribution in [2.45, 2.75) is 26.4 Å². The van der Waals surface area contributed by atoms with Crippen LogP contribution in [0.1, 0.15) is 18.1 Å². The second kappa shape index (κ2) is 10.2.